The molecule has 0 aliphatic carbocycles. The Bertz CT molecular complexity index is 1090. The van der Waals surface area contributed by atoms with Crippen LogP contribution in [0.1, 0.15) is 18.5 Å². The predicted molar refractivity (Wildman–Crippen MR) is 102 cm³/mol. The van der Waals surface area contributed by atoms with Gasteiger partial charge in [0.05, 0.1) is 21.8 Å². The number of hydrogen-bond donors (Lipinski definition) is 1. The summed E-state index contributed by atoms with van der Waals surface area (Å²) in [6, 6.07) is 5.91. The highest BCUT2D eigenvalue weighted by Crippen LogP contribution is 2.34. The molecule has 1 heterocycles. The number of benzene rings is 2. The Morgan fingerprint density at radius 2 is 1.93 bits per heavy atom. The zero-order chi connectivity index (χ0) is 19.8. The molecule has 27 heavy (non-hydrogen) atoms. The largest absolute Gasteiger partial charge is 0.377 e. The number of nitrogens with one attached hydrogen (secondary N) is 1. The lowest BCUT2D eigenvalue weighted by atomic mass is 10.1. The van der Waals surface area contributed by atoms with E-state index in [0.29, 0.717) is 0 Å². The summed E-state index contributed by atoms with van der Waals surface area (Å²) in [5.41, 5.74) is 0.387. The summed E-state index contributed by atoms with van der Waals surface area (Å²) in [5, 5.41) is 4.28. The van der Waals surface area contributed by atoms with Crippen molar-refractivity contribution in [3.63, 3.8) is 0 Å². The van der Waals surface area contributed by atoms with Gasteiger partial charge in [0, 0.05) is 17.1 Å². The van der Waals surface area contributed by atoms with Gasteiger partial charge in [-0.05, 0) is 25.1 Å². The third-order valence-electron chi connectivity index (χ3n) is 3.77. The molecule has 1 aromatic heterocycles. The number of hydrogen-bond acceptors (Lipinski definition) is 5. The van der Waals surface area contributed by atoms with Gasteiger partial charge < -0.3 is 5.32 Å². The molecule has 1 N–H and O–H groups in total. The molecule has 142 valence electrons. The SMILES string of the molecule is C[C@H](Nc1cc(F)c(S(=O)(=O)c2nccs2)cc1Cl)c1cccc(Cl)c1F. The number of anilines is 1. The molecular weight excluding hydrogens is 437 g/mol. The quantitative estimate of drug-likeness (QED) is 0.540. The molecule has 0 spiro atoms. The summed E-state index contributed by atoms with van der Waals surface area (Å²) < 4.78 is 53.4. The average Bonchev–Trinajstić information content (AvgIpc) is 3.15. The van der Waals surface area contributed by atoms with Gasteiger partial charge in [0.15, 0.2) is 0 Å². The molecule has 2 aromatic carbocycles. The zero-order valence-electron chi connectivity index (χ0n) is 13.7. The molecule has 4 nitrogen and oxygen atoms in total. The highest BCUT2D eigenvalue weighted by Gasteiger charge is 2.26. The lowest BCUT2D eigenvalue weighted by molar-refractivity contribution is 0.566. The van der Waals surface area contributed by atoms with Crippen LogP contribution in [-0.2, 0) is 9.84 Å². The van der Waals surface area contributed by atoms with E-state index in [4.69, 9.17) is 23.2 Å². The van der Waals surface area contributed by atoms with Gasteiger partial charge in [0.25, 0.3) is 0 Å². The molecule has 0 amide bonds. The minimum absolute atomic E-state index is 0.0270. The summed E-state index contributed by atoms with van der Waals surface area (Å²) in [7, 11) is -4.12. The van der Waals surface area contributed by atoms with E-state index < -0.39 is 32.4 Å². The summed E-state index contributed by atoms with van der Waals surface area (Å²) >= 11 is 12.8. The molecule has 1 atom stereocenters. The molecule has 0 saturated carbocycles. The van der Waals surface area contributed by atoms with Gasteiger partial charge in [-0.3, -0.25) is 0 Å². The van der Waals surface area contributed by atoms with Crippen LogP contribution < -0.4 is 5.32 Å². The molecule has 0 bridgehead atoms. The maximum atomic E-state index is 14.5. The van der Waals surface area contributed by atoms with Gasteiger partial charge in [-0.25, -0.2) is 22.2 Å². The van der Waals surface area contributed by atoms with Crippen LogP contribution in [0.15, 0.2) is 51.1 Å². The first-order chi connectivity index (χ1) is 12.7. The van der Waals surface area contributed by atoms with Crippen molar-refractivity contribution in [2.45, 2.75) is 22.2 Å². The van der Waals surface area contributed by atoms with Crippen LogP contribution in [0, 0.1) is 11.6 Å². The van der Waals surface area contributed by atoms with Gasteiger partial charge >= 0.3 is 0 Å². The number of aromatic nitrogens is 1. The third kappa shape index (κ3) is 3.94. The number of halogens is 4. The minimum atomic E-state index is -4.12. The van der Waals surface area contributed by atoms with Crippen LogP contribution in [0.4, 0.5) is 14.5 Å². The van der Waals surface area contributed by atoms with Gasteiger partial charge in [-0.2, -0.15) is 0 Å². The molecule has 3 aromatic rings. The summed E-state index contributed by atoms with van der Waals surface area (Å²) in [5.74, 6) is -1.59. The van der Waals surface area contributed by atoms with Crippen molar-refractivity contribution in [1.82, 2.24) is 4.98 Å². The van der Waals surface area contributed by atoms with Crippen molar-refractivity contribution in [2.24, 2.45) is 0 Å². The normalized spacial score (nSPS) is 12.8. The van der Waals surface area contributed by atoms with Crippen molar-refractivity contribution in [1.29, 1.82) is 0 Å². The highest BCUT2D eigenvalue weighted by atomic mass is 35.5. The first-order valence-electron chi connectivity index (χ1n) is 7.56. The Morgan fingerprint density at radius 3 is 2.59 bits per heavy atom. The summed E-state index contributed by atoms with van der Waals surface area (Å²) in [6.07, 6.45) is 1.31. The maximum Gasteiger partial charge on any atom is 0.236 e. The molecule has 0 aliphatic heterocycles. The second kappa shape index (κ2) is 7.71. The molecule has 0 aliphatic rings. The Balaban J connectivity index is 1.95. The van der Waals surface area contributed by atoms with Gasteiger partial charge in [-0.1, -0.05) is 35.3 Å². The summed E-state index contributed by atoms with van der Waals surface area (Å²) in [6.45, 7) is 1.64. The topological polar surface area (TPSA) is 59.1 Å². The predicted octanol–water partition coefficient (Wildman–Crippen LogP) is 5.73. The van der Waals surface area contributed by atoms with E-state index in [0.717, 1.165) is 23.5 Å². The van der Waals surface area contributed by atoms with Crippen molar-refractivity contribution in [3.05, 3.63) is 69.2 Å². The van der Waals surface area contributed by atoms with Gasteiger partial charge in [-0.15, -0.1) is 11.3 Å². The highest BCUT2D eigenvalue weighted by molar-refractivity contribution is 7.93. The summed E-state index contributed by atoms with van der Waals surface area (Å²) in [4.78, 5) is 3.14. The monoisotopic (exact) mass is 448 g/mol. The van der Waals surface area contributed by atoms with Gasteiger partial charge in [0.1, 0.15) is 16.5 Å². The van der Waals surface area contributed by atoms with Crippen LogP contribution in [0.3, 0.4) is 0 Å². The molecular formula is C17H12Cl2F2N2O2S2. The van der Waals surface area contributed by atoms with Crippen LogP contribution in [0.25, 0.3) is 0 Å². The van der Waals surface area contributed by atoms with Crippen molar-refractivity contribution in [2.75, 3.05) is 5.32 Å². The van der Waals surface area contributed by atoms with Crippen LogP contribution >= 0.6 is 34.5 Å². The van der Waals surface area contributed by atoms with E-state index in [-0.39, 0.29) is 25.6 Å². The average molecular weight is 449 g/mol. The fourth-order valence-corrected chi connectivity index (χ4v) is 5.19. The van der Waals surface area contributed by atoms with E-state index in [9.17, 15) is 17.2 Å². The third-order valence-corrected chi connectivity index (χ3v) is 7.34. The minimum Gasteiger partial charge on any atom is -0.377 e. The first-order valence-corrected chi connectivity index (χ1v) is 10.7. The molecule has 3 rings (SSSR count). The Hall–Kier alpha value is -1.74. The molecule has 0 fully saturated rings. The van der Waals surface area contributed by atoms with E-state index in [1.165, 1.54) is 23.7 Å². The second-order valence-electron chi connectivity index (χ2n) is 5.57. The van der Waals surface area contributed by atoms with Crippen molar-refractivity contribution >= 4 is 50.1 Å². The standard InChI is InChI=1S/C17H12Cl2F2N2O2S2/c1-9(10-3-2-4-11(18)16(10)21)23-14-8-13(20)15(7-12(14)19)27(24,25)17-22-5-6-26-17/h2-9,23H,1H3/t9-/m0/s1. The van der Waals surface area contributed by atoms with Crippen LogP contribution in [0.5, 0.6) is 0 Å². The van der Waals surface area contributed by atoms with E-state index in [1.807, 2.05) is 0 Å². The first kappa shape index (κ1) is 20.0. The number of thiazole rings is 1. The van der Waals surface area contributed by atoms with E-state index >= 15 is 0 Å². The number of sulfone groups is 1. The molecule has 10 heteroatoms. The number of nitrogens with zero attached hydrogens (tertiary/aromatic N) is 1. The van der Waals surface area contributed by atoms with Crippen LogP contribution in [0.2, 0.25) is 10.0 Å². The fraction of sp³-hybridized carbons (Fsp3) is 0.118. The maximum absolute atomic E-state index is 14.5. The van der Waals surface area contributed by atoms with E-state index in [1.54, 1.807) is 13.0 Å². The molecule has 0 unspecified atom stereocenters. The lowest BCUT2D eigenvalue weighted by Crippen LogP contribution is -2.11. The van der Waals surface area contributed by atoms with Crippen molar-refractivity contribution in [3.8, 4) is 0 Å². The zero-order valence-corrected chi connectivity index (χ0v) is 16.9. The smallest absolute Gasteiger partial charge is 0.236 e. The van der Waals surface area contributed by atoms with Gasteiger partial charge in [0.2, 0.25) is 14.2 Å². The fourth-order valence-electron chi connectivity index (χ4n) is 2.45. The van der Waals surface area contributed by atoms with E-state index in [2.05, 4.69) is 10.3 Å². The lowest BCUT2D eigenvalue weighted by Gasteiger charge is -2.18. The van der Waals surface area contributed by atoms with Crippen molar-refractivity contribution < 1.29 is 17.2 Å². The molecule has 0 radical (unpaired) electrons. The van der Waals surface area contributed by atoms with Crippen LogP contribution in [-0.4, -0.2) is 13.4 Å². The Morgan fingerprint density at radius 1 is 1.19 bits per heavy atom. The Labute approximate surface area is 168 Å². The Kier molecular flexibility index (Phi) is 5.71. The molecule has 0 saturated heterocycles. The number of rotatable bonds is 5. The second-order valence-corrected chi connectivity index (χ2v) is 9.37.